The fourth-order valence-electron chi connectivity index (χ4n) is 3.09. The lowest BCUT2D eigenvalue weighted by atomic mass is 10.0. The Hall–Kier alpha value is -2.85. The van der Waals surface area contributed by atoms with E-state index in [1.165, 1.54) is 0 Å². The molecule has 1 aromatic carbocycles. The highest BCUT2D eigenvalue weighted by molar-refractivity contribution is 5.95. The maximum Gasteiger partial charge on any atom is 0.416 e. The molecule has 156 valence electrons. The predicted molar refractivity (Wildman–Crippen MR) is 91.2 cm³/mol. The smallest absolute Gasteiger partial charge is 0.348 e. The van der Waals surface area contributed by atoms with E-state index in [-0.39, 0.29) is 6.07 Å². The van der Waals surface area contributed by atoms with Crippen LogP contribution < -0.4 is 10.2 Å². The molecule has 1 aliphatic heterocycles. The van der Waals surface area contributed by atoms with E-state index in [2.05, 4.69) is 15.3 Å². The Labute approximate surface area is 161 Å². The van der Waals surface area contributed by atoms with Crippen molar-refractivity contribution in [3.05, 3.63) is 53.3 Å². The van der Waals surface area contributed by atoms with Crippen molar-refractivity contribution in [1.82, 2.24) is 15.3 Å². The third kappa shape index (κ3) is 5.15. The van der Waals surface area contributed by atoms with Crippen molar-refractivity contribution in [2.45, 2.75) is 31.2 Å². The topological polar surface area (TPSA) is 58.1 Å². The number of hydrogen-bond acceptors (Lipinski definition) is 4. The van der Waals surface area contributed by atoms with Crippen molar-refractivity contribution in [3.63, 3.8) is 0 Å². The Morgan fingerprint density at radius 3 is 2.14 bits per heavy atom. The van der Waals surface area contributed by atoms with Crippen molar-refractivity contribution >= 4 is 11.9 Å². The second-order valence-corrected chi connectivity index (χ2v) is 6.60. The van der Waals surface area contributed by atoms with Crippen LogP contribution in [0.25, 0.3) is 0 Å². The van der Waals surface area contributed by atoms with E-state index in [1.807, 2.05) is 0 Å². The number of amides is 1. The van der Waals surface area contributed by atoms with Crippen LogP contribution in [-0.2, 0) is 12.4 Å². The number of rotatable bonds is 3. The summed E-state index contributed by atoms with van der Waals surface area (Å²) in [6, 6.07) is 2.01. The van der Waals surface area contributed by atoms with Gasteiger partial charge in [-0.1, -0.05) is 0 Å². The van der Waals surface area contributed by atoms with Gasteiger partial charge >= 0.3 is 12.4 Å². The summed E-state index contributed by atoms with van der Waals surface area (Å²) in [4.78, 5) is 22.4. The molecule has 1 aromatic heterocycles. The van der Waals surface area contributed by atoms with Gasteiger partial charge in [0.1, 0.15) is 0 Å². The van der Waals surface area contributed by atoms with Crippen LogP contribution >= 0.6 is 0 Å². The van der Waals surface area contributed by atoms with Gasteiger partial charge in [0.15, 0.2) is 0 Å². The largest absolute Gasteiger partial charge is 0.416 e. The summed E-state index contributed by atoms with van der Waals surface area (Å²) in [5.41, 5.74) is -3.75. The van der Waals surface area contributed by atoms with E-state index in [1.54, 1.807) is 23.4 Å². The van der Waals surface area contributed by atoms with Crippen molar-refractivity contribution in [3.8, 4) is 0 Å². The quantitative estimate of drug-likeness (QED) is 0.768. The highest BCUT2D eigenvalue weighted by Gasteiger charge is 2.37. The number of nitrogens with zero attached hydrogens (tertiary/aromatic N) is 3. The lowest BCUT2D eigenvalue weighted by Crippen LogP contribution is -2.48. The van der Waals surface area contributed by atoms with Gasteiger partial charge in [-0.3, -0.25) is 4.79 Å². The molecule has 3 rings (SSSR count). The van der Waals surface area contributed by atoms with Crippen molar-refractivity contribution in [2.75, 3.05) is 18.0 Å². The van der Waals surface area contributed by atoms with E-state index < -0.39 is 41.0 Å². The lowest BCUT2D eigenvalue weighted by molar-refractivity contribution is -0.143. The molecule has 0 spiro atoms. The Balaban J connectivity index is 1.79. The molecule has 2 heterocycles. The Kier molecular flexibility index (Phi) is 5.67. The summed E-state index contributed by atoms with van der Waals surface area (Å²) in [5.74, 6) is -0.563. The number of aromatic nitrogens is 2. The Morgan fingerprint density at radius 2 is 1.59 bits per heavy atom. The van der Waals surface area contributed by atoms with Gasteiger partial charge in [0.2, 0.25) is 5.95 Å². The minimum Gasteiger partial charge on any atom is -0.348 e. The first kappa shape index (κ1) is 20.9. The van der Waals surface area contributed by atoms with Crippen molar-refractivity contribution in [1.29, 1.82) is 0 Å². The lowest BCUT2D eigenvalue weighted by Gasteiger charge is -2.33. The number of carbonyl (C=O) groups is 1. The fourth-order valence-corrected chi connectivity index (χ4v) is 3.09. The van der Waals surface area contributed by atoms with Gasteiger partial charge in [0, 0.05) is 37.1 Å². The summed E-state index contributed by atoms with van der Waals surface area (Å²) in [6.45, 7) is 0.916. The molecule has 11 heteroatoms. The first-order valence-electron chi connectivity index (χ1n) is 8.66. The molecule has 0 radical (unpaired) electrons. The van der Waals surface area contributed by atoms with Gasteiger partial charge < -0.3 is 10.2 Å². The molecule has 1 fully saturated rings. The predicted octanol–water partition coefficient (Wildman–Crippen LogP) is 3.91. The SMILES string of the molecule is O=C(NC1CCCN(c2ncccn2)C1)c1cc(C(F)(F)F)cc(C(F)(F)F)c1. The minimum absolute atomic E-state index is 0.00807. The zero-order chi connectivity index (χ0) is 21.2. The number of hydrogen-bond donors (Lipinski definition) is 1. The maximum atomic E-state index is 13.0. The van der Waals surface area contributed by atoms with Crippen LogP contribution in [0.2, 0.25) is 0 Å². The fraction of sp³-hybridized carbons (Fsp3) is 0.389. The van der Waals surface area contributed by atoms with Crippen LogP contribution in [0.4, 0.5) is 32.3 Å². The van der Waals surface area contributed by atoms with E-state index in [4.69, 9.17) is 0 Å². The third-order valence-electron chi connectivity index (χ3n) is 4.44. The number of anilines is 1. The number of nitrogens with one attached hydrogen (secondary N) is 1. The maximum absolute atomic E-state index is 13.0. The minimum atomic E-state index is -5.01. The zero-order valence-corrected chi connectivity index (χ0v) is 14.9. The van der Waals surface area contributed by atoms with Gasteiger partial charge in [-0.25, -0.2) is 9.97 Å². The van der Waals surface area contributed by atoms with Gasteiger partial charge in [-0.2, -0.15) is 26.3 Å². The van der Waals surface area contributed by atoms with E-state index in [9.17, 15) is 31.1 Å². The number of benzene rings is 1. The molecule has 0 bridgehead atoms. The molecule has 2 aromatic rings. The normalized spacial score (nSPS) is 17.9. The van der Waals surface area contributed by atoms with Crippen LogP contribution in [0, 0.1) is 0 Å². The molecule has 1 aliphatic rings. The number of piperidine rings is 1. The molecule has 1 unspecified atom stereocenters. The Bertz CT molecular complexity index is 837. The van der Waals surface area contributed by atoms with Crippen molar-refractivity contribution in [2.24, 2.45) is 0 Å². The highest BCUT2D eigenvalue weighted by Crippen LogP contribution is 2.36. The summed E-state index contributed by atoms with van der Waals surface area (Å²) < 4.78 is 77.9. The first-order chi connectivity index (χ1) is 13.5. The van der Waals surface area contributed by atoms with Crippen molar-refractivity contribution < 1.29 is 31.1 Å². The molecule has 1 atom stereocenters. The molecule has 1 saturated heterocycles. The van der Waals surface area contributed by atoms with Gasteiger partial charge in [-0.15, -0.1) is 0 Å². The van der Waals surface area contributed by atoms with Gasteiger partial charge in [0.05, 0.1) is 11.1 Å². The number of halogens is 6. The second-order valence-electron chi connectivity index (χ2n) is 6.60. The van der Waals surface area contributed by atoms with E-state index >= 15 is 0 Å². The molecule has 1 N–H and O–H groups in total. The molecule has 0 saturated carbocycles. The standard InChI is InChI=1S/C18H16F6N4O/c19-17(20,21)12-7-11(8-13(9-12)18(22,23)24)15(29)27-14-3-1-6-28(10-14)16-25-4-2-5-26-16/h2,4-5,7-9,14H,1,3,6,10H2,(H,27,29). The van der Waals surface area contributed by atoms with Crippen LogP contribution in [0.5, 0.6) is 0 Å². The number of carbonyl (C=O) groups excluding carboxylic acids is 1. The second kappa shape index (κ2) is 7.88. The van der Waals surface area contributed by atoms with Crippen LogP contribution in [0.3, 0.4) is 0 Å². The van der Waals surface area contributed by atoms with Gasteiger partial charge in [-0.05, 0) is 37.1 Å². The molecule has 5 nitrogen and oxygen atoms in total. The van der Waals surface area contributed by atoms with Crippen LogP contribution in [-0.4, -0.2) is 35.0 Å². The molecule has 29 heavy (non-hydrogen) atoms. The monoisotopic (exact) mass is 418 g/mol. The molecule has 0 aliphatic carbocycles. The summed E-state index contributed by atoms with van der Waals surface area (Å²) in [7, 11) is 0. The van der Waals surface area contributed by atoms with E-state index in [0.29, 0.717) is 44.0 Å². The summed E-state index contributed by atoms with van der Waals surface area (Å²) in [6.07, 6.45) is -5.75. The first-order valence-corrected chi connectivity index (χ1v) is 8.66. The molecule has 1 amide bonds. The third-order valence-corrected chi connectivity index (χ3v) is 4.44. The van der Waals surface area contributed by atoms with Crippen LogP contribution in [0.15, 0.2) is 36.7 Å². The average Bonchev–Trinajstić information content (AvgIpc) is 2.67. The summed E-state index contributed by atoms with van der Waals surface area (Å²) >= 11 is 0. The molecular weight excluding hydrogens is 402 g/mol. The Morgan fingerprint density at radius 1 is 1.00 bits per heavy atom. The average molecular weight is 418 g/mol. The molecular formula is C18H16F6N4O. The van der Waals surface area contributed by atoms with E-state index in [0.717, 1.165) is 0 Å². The number of alkyl halides is 6. The zero-order valence-electron chi connectivity index (χ0n) is 14.9. The summed E-state index contributed by atoms with van der Waals surface area (Å²) in [5, 5.41) is 2.52. The highest BCUT2D eigenvalue weighted by atomic mass is 19.4. The van der Waals surface area contributed by atoms with Crippen LogP contribution in [0.1, 0.15) is 34.3 Å². The van der Waals surface area contributed by atoms with Gasteiger partial charge in [0.25, 0.3) is 5.91 Å².